The van der Waals surface area contributed by atoms with Gasteiger partial charge in [0.05, 0.1) is 0 Å². The average molecular weight is 207 g/mol. The Balaban J connectivity index is 2.91. The zero-order valence-electron chi connectivity index (χ0n) is 7.36. The molecule has 1 saturated carbocycles. The van der Waals surface area contributed by atoms with Gasteiger partial charge in [0.25, 0.3) is 10.1 Å². The van der Waals surface area contributed by atoms with Crippen molar-refractivity contribution in [3.05, 3.63) is 0 Å². The van der Waals surface area contributed by atoms with Crippen molar-refractivity contribution in [1.29, 1.82) is 0 Å². The largest absolute Gasteiger partial charge is 0.368 e. The average Bonchev–Trinajstić information content (AvgIpc) is 2.62. The first-order valence-corrected chi connectivity index (χ1v) is 5.57. The molecule has 3 N–H and O–H groups in total. The van der Waals surface area contributed by atoms with Crippen molar-refractivity contribution in [3.8, 4) is 0 Å². The minimum atomic E-state index is -4.34. The van der Waals surface area contributed by atoms with Crippen LogP contribution in [-0.4, -0.2) is 23.6 Å². The van der Waals surface area contributed by atoms with Gasteiger partial charge in [-0.15, -0.1) is 0 Å². The van der Waals surface area contributed by atoms with E-state index in [2.05, 4.69) is 0 Å². The minimum Gasteiger partial charge on any atom is -0.368 e. The Kier molecular flexibility index (Phi) is 2.38. The Hall–Kier alpha value is -0.620. The van der Waals surface area contributed by atoms with Gasteiger partial charge in [0.2, 0.25) is 5.91 Å². The Morgan fingerprint density at radius 1 is 1.69 bits per heavy atom. The number of nitrogens with two attached hydrogens (primary N) is 1. The third-order valence-corrected chi connectivity index (χ3v) is 4.19. The summed E-state index contributed by atoms with van der Waals surface area (Å²) in [5.41, 5.74) is 4.96. The Bertz CT molecular complexity index is 323. The fourth-order valence-corrected chi connectivity index (χ4v) is 2.94. The van der Waals surface area contributed by atoms with E-state index in [1.807, 2.05) is 6.92 Å². The highest BCUT2D eigenvalue weighted by molar-refractivity contribution is 7.88. The summed E-state index contributed by atoms with van der Waals surface area (Å²) in [6, 6.07) is 0. The number of hydrogen-bond acceptors (Lipinski definition) is 3. The van der Waals surface area contributed by atoms with E-state index in [1.165, 1.54) is 0 Å². The molecule has 2 unspecified atom stereocenters. The summed E-state index contributed by atoms with van der Waals surface area (Å²) in [4.78, 5) is 10.9. The number of carbonyl (C=O) groups excluding carboxylic acids is 1. The third kappa shape index (κ3) is 1.44. The second-order valence-electron chi connectivity index (χ2n) is 3.42. The Morgan fingerprint density at radius 2 is 2.23 bits per heavy atom. The maximum absolute atomic E-state index is 10.9. The maximum Gasteiger partial charge on any atom is 0.280 e. The summed E-state index contributed by atoms with van der Waals surface area (Å²) < 4.78 is 29.0. The highest BCUT2D eigenvalue weighted by atomic mass is 32.2. The van der Waals surface area contributed by atoms with Gasteiger partial charge < -0.3 is 5.73 Å². The highest BCUT2D eigenvalue weighted by Crippen LogP contribution is 2.52. The number of carbonyl (C=O) groups is 1. The van der Waals surface area contributed by atoms with Crippen molar-refractivity contribution in [3.63, 3.8) is 0 Å². The van der Waals surface area contributed by atoms with Crippen LogP contribution in [0.5, 0.6) is 0 Å². The van der Waals surface area contributed by atoms with Crippen molar-refractivity contribution in [2.24, 2.45) is 11.7 Å². The second-order valence-corrected chi connectivity index (χ2v) is 5.10. The van der Waals surface area contributed by atoms with Crippen LogP contribution in [0.1, 0.15) is 26.2 Å². The zero-order chi connectivity index (χ0) is 10.3. The third-order valence-electron chi connectivity index (χ3n) is 2.56. The summed E-state index contributed by atoms with van der Waals surface area (Å²) in [7, 11) is -4.34. The molecule has 2 atom stereocenters. The fourth-order valence-electron chi connectivity index (χ4n) is 1.74. The maximum atomic E-state index is 10.9. The van der Waals surface area contributed by atoms with Crippen LogP contribution < -0.4 is 5.73 Å². The molecule has 5 nitrogen and oxygen atoms in total. The molecule has 0 aromatic heterocycles. The molecule has 0 heterocycles. The normalized spacial score (nSPS) is 32.9. The van der Waals surface area contributed by atoms with Crippen LogP contribution in [0.2, 0.25) is 0 Å². The molecule has 1 fully saturated rings. The molecule has 0 aromatic rings. The zero-order valence-corrected chi connectivity index (χ0v) is 8.17. The number of amides is 1. The topological polar surface area (TPSA) is 97.5 Å². The van der Waals surface area contributed by atoms with E-state index in [1.54, 1.807) is 0 Å². The van der Waals surface area contributed by atoms with E-state index in [9.17, 15) is 13.2 Å². The molecule has 0 radical (unpaired) electrons. The summed E-state index contributed by atoms with van der Waals surface area (Å²) in [5, 5.41) is 0. The van der Waals surface area contributed by atoms with Crippen molar-refractivity contribution in [1.82, 2.24) is 0 Å². The molecular formula is C7H13NO4S. The van der Waals surface area contributed by atoms with E-state index in [0.29, 0.717) is 6.42 Å². The lowest BCUT2D eigenvalue weighted by Crippen LogP contribution is -2.39. The summed E-state index contributed by atoms with van der Waals surface area (Å²) in [6.07, 6.45) is 1.53. The van der Waals surface area contributed by atoms with Crippen LogP contribution in [0, 0.1) is 5.92 Å². The Labute approximate surface area is 77.1 Å². The molecule has 0 aliphatic heterocycles. The SMILES string of the molecule is CCCC1CC1(C(N)=O)S(=O)(=O)O. The Morgan fingerprint density at radius 3 is 2.46 bits per heavy atom. The standard InChI is InChI=1S/C7H13NO4S/c1-2-3-5-4-7(5,6(8)9)13(10,11)12/h5H,2-4H2,1H3,(H2,8,9)(H,10,11,12). The van der Waals surface area contributed by atoms with Crippen LogP contribution in [-0.2, 0) is 14.9 Å². The molecule has 0 saturated heterocycles. The van der Waals surface area contributed by atoms with Crippen LogP contribution in [0.4, 0.5) is 0 Å². The van der Waals surface area contributed by atoms with E-state index in [4.69, 9.17) is 10.3 Å². The van der Waals surface area contributed by atoms with Gasteiger partial charge in [-0.2, -0.15) is 8.42 Å². The smallest absolute Gasteiger partial charge is 0.280 e. The molecule has 0 bridgehead atoms. The van der Waals surface area contributed by atoms with Crippen molar-refractivity contribution >= 4 is 16.0 Å². The van der Waals surface area contributed by atoms with Gasteiger partial charge in [0.1, 0.15) is 0 Å². The quantitative estimate of drug-likeness (QED) is 0.630. The fraction of sp³-hybridized carbons (Fsp3) is 0.857. The summed E-state index contributed by atoms with van der Waals surface area (Å²) in [6.45, 7) is 1.88. The molecule has 1 aliphatic carbocycles. The van der Waals surface area contributed by atoms with Crippen LogP contribution in [0.3, 0.4) is 0 Å². The van der Waals surface area contributed by atoms with Gasteiger partial charge in [-0.05, 0) is 18.8 Å². The van der Waals surface area contributed by atoms with Gasteiger partial charge in [-0.3, -0.25) is 9.35 Å². The molecule has 6 heteroatoms. The predicted molar refractivity (Wildman–Crippen MR) is 46.5 cm³/mol. The van der Waals surface area contributed by atoms with Crippen LogP contribution in [0.25, 0.3) is 0 Å². The van der Waals surface area contributed by atoms with E-state index >= 15 is 0 Å². The lowest BCUT2D eigenvalue weighted by molar-refractivity contribution is -0.118. The molecule has 1 rings (SSSR count). The molecule has 0 spiro atoms. The lowest BCUT2D eigenvalue weighted by Gasteiger charge is -2.08. The van der Waals surface area contributed by atoms with Crippen molar-refractivity contribution < 1.29 is 17.8 Å². The van der Waals surface area contributed by atoms with Crippen LogP contribution in [0.15, 0.2) is 0 Å². The first-order chi connectivity index (χ1) is 5.86. The highest BCUT2D eigenvalue weighted by Gasteiger charge is 2.67. The molecule has 1 amide bonds. The minimum absolute atomic E-state index is 0.162. The molecule has 13 heavy (non-hydrogen) atoms. The number of hydrogen-bond donors (Lipinski definition) is 2. The van der Waals surface area contributed by atoms with E-state index in [0.717, 1.165) is 6.42 Å². The van der Waals surface area contributed by atoms with E-state index in [-0.39, 0.29) is 12.3 Å². The first kappa shape index (κ1) is 10.5. The first-order valence-electron chi connectivity index (χ1n) is 4.13. The van der Waals surface area contributed by atoms with Gasteiger partial charge in [-0.1, -0.05) is 13.3 Å². The predicted octanol–water partition coefficient (Wildman–Crippen LogP) is -0.0817. The second kappa shape index (κ2) is 2.95. The van der Waals surface area contributed by atoms with Gasteiger partial charge in [0, 0.05) is 0 Å². The molecular weight excluding hydrogens is 194 g/mol. The molecule has 0 aromatic carbocycles. The summed E-state index contributed by atoms with van der Waals surface area (Å²) >= 11 is 0. The van der Waals surface area contributed by atoms with Gasteiger partial charge in [-0.25, -0.2) is 0 Å². The lowest BCUT2D eigenvalue weighted by atomic mass is 10.2. The molecule has 76 valence electrons. The van der Waals surface area contributed by atoms with Crippen LogP contribution >= 0.6 is 0 Å². The molecule has 1 aliphatic rings. The van der Waals surface area contributed by atoms with Crippen molar-refractivity contribution in [2.45, 2.75) is 30.9 Å². The number of rotatable bonds is 4. The van der Waals surface area contributed by atoms with Gasteiger partial charge >= 0.3 is 0 Å². The summed E-state index contributed by atoms with van der Waals surface area (Å²) in [5.74, 6) is -1.24. The van der Waals surface area contributed by atoms with Crippen molar-refractivity contribution in [2.75, 3.05) is 0 Å². The number of primary amides is 1. The monoisotopic (exact) mass is 207 g/mol. The van der Waals surface area contributed by atoms with Gasteiger partial charge in [0.15, 0.2) is 4.75 Å². The van der Waals surface area contributed by atoms with E-state index < -0.39 is 20.8 Å².